The zero-order valence-corrected chi connectivity index (χ0v) is 16.7. The summed E-state index contributed by atoms with van der Waals surface area (Å²) in [4.78, 5) is 14.4. The SMILES string of the molecule is O=C(OCc1ccccc1)N1C2C=C(Cc3ccc(OC(F)(F)F)cc3)CC1COC2. The Hall–Kier alpha value is -3.00. The van der Waals surface area contributed by atoms with Crippen molar-refractivity contribution in [3.8, 4) is 5.75 Å². The maximum atomic E-state index is 12.7. The summed E-state index contributed by atoms with van der Waals surface area (Å²) in [5.41, 5.74) is 2.92. The van der Waals surface area contributed by atoms with E-state index in [1.165, 1.54) is 12.1 Å². The molecule has 1 saturated heterocycles. The summed E-state index contributed by atoms with van der Waals surface area (Å²) in [6, 6.07) is 15.0. The van der Waals surface area contributed by atoms with Crippen molar-refractivity contribution in [1.82, 2.24) is 4.90 Å². The smallest absolute Gasteiger partial charge is 0.445 e. The van der Waals surface area contributed by atoms with Crippen LogP contribution < -0.4 is 4.74 Å². The number of ether oxygens (including phenoxy) is 3. The standard InChI is InChI=1S/C23H22F3NO4/c24-23(25,26)31-21-8-6-16(7-9-21)10-18-11-19-14-29-15-20(12-18)27(19)22(28)30-13-17-4-2-1-3-5-17/h1-9,11,19-20H,10,12-15H2. The zero-order chi connectivity index (χ0) is 21.8. The number of rotatable bonds is 5. The van der Waals surface area contributed by atoms with E-state index < -0.39 is 6.36 Å². The minimum absolute atomic E-state index is 0.130. The highest BCUT2D eigenvalue weighted by molar-refractivity contribution is 5.69. The minimum atomic E-state index is -4.70. The Balaban J connectivity index is 1.39. The summed E-state index contributed by atoms with van der Waals surface area (Å²) in [5.74, 6) is -0.244. The molecular formula is C23H22F3NO4. The molecule has 4 rings (SSSR count). The molecule has 0 aromatic heterocycles. The summed E-state index contributed by atoms with van der Waals surface area (Å²) in [7, 11) is 0. The molecule has 2 bridgehead atoms. The van der Waals surface area contributed by atoms with Gasteiger partial charge in [0, 0.05) is 0 Å². The van der Waals surface area contributed by atoms with Gasteiger partial charge in [-0.2, -0.15) is 0 Å². The van der Waals surface area contributed by atoms with Gasteiger partial charge in [0.25, 0.3) is 0 Å². The third kappa shape index (κ3) is 5.58. The summed E-state index contributed by atoms with van der Waals surface area (Å²) in [5, 5.41) is 0. The fourth-order valence-corrected chi connectivity index (χ4v) is 3.97. The number of halogens is 3. The van der Waals surface area contributed by atoms with Crippen LogP contribution in [0.25, 0.3) is 0 Å². The van der Waals surface area contributed by atoms with E-state index in [0.29, 0.717) is 26.1 Å². The molecule has 2 atom stereocenters. The lowest BCUT2D eigenvalue weighted by Crippen LogP contribution is -2.56. The Kier molecular flexibility index (Phi) is 6.18. The second kappa shape index (κ2) is 9.01. The number of morpholine rings is 1. The van der Waals surface area contributed by atoms with Crippen LogP contribution in [0.2, 0.25) is 0 Å². The molecule has 0 spiro atoms. The first-order chi connectivity index (χ1) is 14.9. The van der Waals surface area contributed by atoms with Crippen LogP contribution in [0.5, 0.6) is 5.75 Å². The third-order valence-electron chi connectivity index (χ3n) is 5.28. The highest BCUT2D eigenvalue weighted by Gasteiger charge is 2.38. The molecule has 31 heavy (non-hydrogen) atoms. The number of carbonyl (C=O) groups is 1. The lowest BCUT2D eigenvalue weighted by atomic mass is 9.90. The lowest BCUT2D eigenvalue weighted by Gasteiger charge is -2.43. The first-order valence-corrected chi connectivity index (χ1v) is 9.98. The van der Waals surface area contributed by atoms with Gasteiger partial charge in [-0.1, -0.05) is 54.1 Å². The molecule has 1 fully saturated rings. The Bertz CT molecular complexity index is 928. The Morgan fingerprint density at radius 1 is 1.03 bits per heavy atom. The summed E-state index contributed by atoms with van der Waals surface area (Å²) in [6.07, 6.45) is -1.86. The number of hydrogen-bond donors (Lipinski definition) is 0. The predicted octanol–water partition coefficient (Wildman–Crippen LogP) is 4.86. The molecule has 2 heterocycles. The number of benzene rings is 2. The quantitative estimate of drug-likeness (QED) is 0.632. The first kappa shape index (κ1) is 21.2. The number of carbonyl (C=O) groups excluding carboxylic acids is 1. The van der Waals surface area contributed by atoms with Crippen LogP contribution in [0.4, 0.5) is 18.0 Å². The van der Waals surface area contributed by atoms with Gasteiger partial charge in [0.15, 0.2) is 0 Å². The van der Waals surface area contributed by atoms with Crippen molar-refractivity contribution in [2.75, 3.05) is 13.2 Å². The second-order valence-corrected chi connectivity index (χ2v) is 7.60. The Morgan fingerprint density at radius 3 is 2.45 bits per heavy atom. The van der Waals surface area contributed by atoms with Crippen molar-refractivity contribution >= 4 is 6.09 Å². The fraction of sp³-hybridized carbons (Fsp3) is 0.348. The molecular weight excluding hydrogens is 411 g/mol. The van der Waals surface area contributed by atoms with Crippen molar-refractivity contribution in [2.45, 2.75) is 37.9 Å². The minimum Gasteiger partial charge on any atom is -0.445 e. The van der Waals surface area contributed by atoms with Crippen molar-refractivity contribution < 1.29 is 32.2 Å². The van der Waals surface area contributed by atoms with Crippen LogP contribution in [-0.4, -0.2) is 42.7 Å². The van der Waals surface area contributed by atoms with Crippen molar-refractivity contribution in [3.05, 3.63) is 77.4 Å². The van der Waals surface area contributed by atoms with Gasteiger partial charge < -0.3 is 14.2 Å². The van der Waals surface area contributed by atoms with E-state index in [-0.39, 0.29) is 30.5 Å². The van der Waals surface area contributed by atoms with E-state index in [1.54, 1.807) is 17.0 Å². The van der Waals surface area contributed by atoms with E-state index in [9.17, 15) is 18.0 Å². The van der Waals surface area contributed by atoms with Crippen molar-refractivity contribution in [1.29, 1.82) is 0 Å². The molecule has 0 aliphatic carbocycles. The van der Waals surface area contributed by atoms with E-state index in [2.05, 4.69) is 4.74 Å². The van der Waals surface area contributed by atoms with Crippen LogP contribution >= 0.6 is 0 Å². The average Bonchev–Trinajstić information content (AvgIpc) is 2.72. The van der Waals surface area contributed by atoms with Gasteiger partial charge in [0.1, 0.15) is 12.4 Å². The number of fused-ring (bicyclic) bond motifs is 2. The van der Waals surface area contributed by atoms with E-state index in [4.69, 9.17) is 9.47 Å². The van der Waals surface area contributed by atoms with Crippen LogP contribution in [0.15, 0.2) is 66.2 Å². The van der Waals surface area contributed by atoms with E-state index >= 15 is 0 Å². The molecule has 2 aliphatic heterocycles. The third-order valence-corrected chi connectivity index (χ3v) is 5.28. The zero-order valence-electron chi connectivity index (χ0n) is 16.7. The molecule has 2 aromatic rings. The molecule has 164 valence electrons. The maximum Gasteiger partial charge on any atom is 0.573 e. The van der Waals surface area contributed by atoms with Gasteiger partial charge >= 0.3 is 12.5 Å². The van der Waals surface area contributed by atoms with Gasteiger partial charge in [0.2, 0.25) is 0 Å². The normalized spacial score (nSPS) is 20.7. The van der Waals surface area contributed by atoms with Crippen molar-refractivity contribution in [3.63, 3.8) is 0 Å². The number of hydrogen-bond acceptors (Lipinski definition) is 4. The topological polar surface area (TPSA) is 48.0 Å². The fourth-order valence-electron chi connectivity index (χ4n) is 3.97. The number of nitrogens with zero attached hydrogens (tertiary/aromatic N) is 1. The molecule has 1 amide bonds. The van der Waals surface area contributed by atoms with Gasteiger partial charge in [-0.05, 0) is 36.1 Å². The maximum absolute atomic E-state index is 12.7. The first-order valence-electron chi connectivity index (χ1n) is 9.98. The highest BCUT2D eigenvalue weighted by atomic mass is 19.4. The Labute approximate surface area is 178 Å². The lowest BCUT2D eigenvalue weighted by molar-refractivity contribution is -0.274. The van der Waals surface area contributed by atoms with Gasteiger partial charge in [-0.3, -0.25) is 4.90 Å². The molecule has 5 nitrogen and oxygen atoms in total. The summed E-state index contributed by atoms with van der Waals surface area (Å²) < 4.78 is 52.0. The van der Waals surface area contributed by atoms with Crippen LogP contribution in [-0.2, 0) is 22.5 Å². The van der Waals surface area contributed by atoms with E-state index in [1.807, 2.05) is 36.4 Å². The number of amides is 1. The van der Waals surface area contributed by atoms with Crippen LogP contribution in [0.1, 0.15) is 17.5 Å². The summed E-state index contributed by atoms with van der Waals surface area (Å²) >= 11 is 0. The predicted molar refractivity (Wildman–Crippen MR) is 106 cm³/mol. The van der Waals surface area contributed by atoms with Gasteiger partial charge in [-0.15, -0.1) is 13.2 Å². The van der Waals surface area contributed by atoms with Crippen LogP contribution in [0, 0.1) is 0 Å². The van der Waals surface area contributed by atoms with Crippen molar-refractivity contribution in [2.24, 2.45) is 0 Å². The molecule has 2 unspecified atom stereocenters. The second-order valence-electron chi connectivity index (χ2n) is 7.60. The van der Waals surface area contributed by atoms with Gasteiger partial charge in [-0.25, -0.2) is 4.79 Å². The highest BCUT2D eigenvalue weighted by Crippen LogP contribution is 2.30. The average molecular weight is 433 g/mol. The Morgan fingerprint density at radius 2 is 1.77 bits per heavy atom. The molecule has 2 aliphatic rings. The molecule has 0 saturated carbocycles. The monoisotopic (exact) mass is 433 g/mol. The molecule has 8 heteroatoms. The van der Waals surface area contributed by atoms with E-state index in [0.717, 1.165) is 16.7 Å². The summed E-state index contributed by atoms with van der Waals surface area (Å²) in [6.45, 7) is 1.02. The van der Waals surface area contributed by atoms with Gasteiger partial charge in [0.05, 0.1) is 25.3 Å². The molecule has 0 N–H and O–H groups in total. The molecule has 2 aromatic carbocycles. The number of alkyl halides is 3. The molecule has 0 radical (unpaired) electrons. The largest absolute Gasteiger partial charge is 0.573 e. The van der Waals surface area contributed by atoms with Crippen LogP contribution in [0.3, 0.4) is 0 Å².